The van der Waals surface area contributed by atoms with Gasteiger partial charge in [0.2, 0.25) is 5.89 Å². The highest BCUT2D eigenvalue weighted by atomic mass is 19.1. The molecule has 0 aliphatic heterocycles. The van der Waals surface area contributed by atoms with Crippen LogP contribution in [0.25, 0.3) is 0 Å². The Bertz CT molecular complexity index is 591. The lowest BCUT2D eigenvalue weighted by Crippen LogP contribution is -2.29. The van der Waals surface area contributed by atoms with Gasteiger partial charge in [0.25, 0.3) is 0 Å². The fourth-order valence-electron chi connectivity index (χ4n) is 2.96. The molecule has 1 aromatic heterocycles. The molecule has 112 valence electrons. The van der Waals surface area contributed by atoms with E-state index in [1.54, 1.807) is 6.07 Å². The maximum absolute atomic E-state index is 13.2. The summed E-state index contributed by atoms with van der Waals surface area (Å²) in [5, 5.41) is 7.35. The van der Waals surface area contributed by atoms with Gasteiger partial charge in [-0.2, -0.15) is 4.98 Å². The summed E-state index contributed by atoms with van der Waals surface area (Å²) >= 11 is 0. The molecule has 1 heterocycles. The summed E-state index contributed by atoms with van der Waals surface area (Å²) in [7, 11) is 2.01. The summed E-state index contributed by atoms with van der Waals surface area (Å²) in [4.78, 5) is 4.49. The van der Waals surface area contributed by atoms with E-state index >= 15 is 0 Å². The van der Waals surface area contributed by atoms with Crippen LogP contribution >= 0.6 is 0 Å². The second-order valence-electron chi connectivity index (χ2n) is 5.69. The van der Waals surface area contributed by atoms with Gasteiger partial charge >= 0.3 is 0 Å². The van der Waals surface area contributed by atoms with Crippen LogP contribution in [0.15, 0.2) is 28.8 Å². The Labute approximate surface area is 123 Å². The minimum Gasteiger partial charge on any atom is -0.339 e. The number of aromatic nitrogens is 2. The molecule has 0 saturated heterocycles. The first kappa shape index (κ1) is 14.2. The van der Waals surface area contributed by atoms with Crippen molar-refractivity contribution in [1.82, 2.24) is 15.5 Å². The second-order valence-corrected chi connectivity index (χ2v) is 5.69. The minimum atomic E-state index is -0.235. The Morgan fingerprint density at radius 3 is 2.81 bits per heavy atom. The molecule has 4 nitrogen and oxygen atoms in total. The third-order valence-corrected chi connectivity index (χ3v) is 4.22. The van der Waals surface area contributed by atoms with Crippen molar-refractivity contribution in [3.8, 4) is 0 Å². The molecule has 1 N–H and O–H groups in total. The zero-order valence-corrected chi connectivity index (χ0v) is 12.2. The lowest BCUT2D eigenvalue weighted by Gasteiger charge is -2.25. The molecule has 0 radical (unpaired) electrons. The third-order valence-electron chi connectivity index (χ3n) is 4.22. The molecule has 1 aromatic carbocycles. The molecule has 1 saturated carbocycles. The third kappa shape index (κ3) is 3.47. The van der Waals surface area contributed by atoms with E-state index in [1.165, 1.54) is 12.1 Å². The van der Waals surface area contributed by atoms with E-state index in [-0.39, 0.29) is 5.82 Å². The molecule has 0 amide bonds. The van der Waals surface area contributed by atoms with Crippen LogP contribution in [-0.2, 0) is 6.42 Å². The van der Waals surface area contributed by atoms with E-state index in [2.05, 4.69) is 15.5 Å². The summed E-state index contributed by atoms with van der Waals surface area (Å²) in [6.07, 6.45) is 4.94. The van der Waals surface area contributed by atoms with Crippen LogP contribution in [0.2, 0.25) is 0 Å². The molecule has 0 atom stereocenters. The van der Waals surface area contributed by atoms with Crippen LogP contribution in [0.3, 0.4) is 0 Å². The van der Waals surface area contributed by atoms with Crippen molar-refractivity contribution < 1.29 is 8.91 Å². The van der Waals surface area contributed by atoms with Gasteiger partial charge in [0.1, 0.15) is 5.82 Å². The number of hydrogen-bond acceptors (Lipinski definition) is 4. The Hall–Kier alpha value is -1.75. The predicted octanol–water partition coefficient (Wildman–Crippen LogP) is 3.05. The fraction of sp³-hybridized carbons (Fsp3) is 0.500. The topological polar surface area (TPSA) is 51.0 Å². The van der Waals surface area contributed by atoms with E-state index in [0.717, 1.165) is 37.1 Å². The van der Waals surface area contributed by atoms with Crippen molar-refractivity contribution >= 4 is 0 Å². The quantitative estimate of drug-likeness (QED) is 0.940. The van der Waals surface area contributed by atoms with Crippen molar-refractivity contribution in [1.29, 1.82) is 0 Å². The highest BCUT2D eigenvalue weighted by Gasteiger charge is 2.25. The molecule has 3 rings (SSSR count). The maximum Gasteiger partial charge on any atom is 0.229 e. The Kier molecular flexibility index (Phi) is 4.29. The predicted molar refractivity (Wildman–Crippen MR) is 77.6 cm³/mol. The van der Waals surface area contributed by atoms with Crippen LogP contribution in [0.5, 0.6) is 0 Å². The van der Waals surface area contributed by atoms with Gasteiger partial charge in [-0.1, -0.05) is 17.3 Å². The van der Waals surface area contributed by atoms with Crippen molar-refractivity contribution in [2.45, 2.75) is 44.1 Å². The molecule has 2 aromatic rings. The Morgan fingerprint density at radius 2 is 2.10 bits per heavy atom. The number of benzene rings is 1. The normalized spacial score (nSPS) is 22.4. The van der Waals surface area contributed by atoms with Crippen molar-refractivity contribution in [2.75, 3.05) is 7.05 Å². The van der Waals surface area contributed by atoms with Crippen molar-refractivity contribution in [3.63, 3.8) is 0 Å². The highest BCUT2D eigenvalue weighted by Crippen LogP contribution is 2.31. The highest BCUT2D eigenvalue weighted by molar-refractivity contribution is 5.19. The minimum absolute atomic E-state index is 0.235. The van der Waals surface area contributed by atoms with Crippen LogP contribution in [0.4, 0.5) is 4.39 Å². The standard InChI is InChI=1S/C16H20FN3O/c1-18-14-7-5-12(6-8-14)16-19-15(20-21-16)10-11-3-2-4-13(17)9-11/h2-4,9,12,14,18H,5-8,10H2,1H3. The van der Waals surface area contributed by atoms with E-state index in [0.29, 0.717) is 24.2 Å². The Morgan fingerprint density at radius 1 is 1.29 bits per heavy atom. The van der Waals surface area contributed by atoms with Gasteiger partial charge in [0.05, 0.1) is 0 Å². The second kappa shape index (κ2) is 6.35. The van der Waals surface area contributed by atoms with Crippen LogP contribution in [0.1, 0.15) is 48.9 Å². The maximum atomic E-state index is 13.2. The molecule has 5 heteroatoms. The number of hydrogen-bond donors (Lipinski definition) is 1. The van der Waals surface area contributed by atoms with Crippen LogP contribution in [-0.4, -0.2) is 23.2 Å². The van der Waals surface area contributed by atoms with Crippen LogP contribution in [0, 0.1) is 5.82 Å². The van der Waals surface area contributed by atoms with Gasteiger partial charge in [-0.3, -0.25) is 0 Å². The van der Waals surface area contributed by atoms with E-state index in [1.807, 2.05) is 13.1 Å². The Balaban J connectivity index is 1.64. The first-order valence-corrected chi connectivity index (χ1v) is 7.49. The first-order chi connectivity index (χ1) is 10.2. The molecule has 0 spiro atoms. The molecule has 1 fully saturated rings. The summed E-state index contributed by atoms with van der Waals surface area (Å²) in [5.74, 6) is 1.49. The molecule has 0 bridgehead atoms. The lowest BCUT2D eigenvalue weighted by molar-refractivity contribution is 0.287. The first-order valence-electron chi connectivity index (χ1n) is 7.49. The number of rotatable bonds is 4. The van der Waals surface area contributed by atoms with Gasteiger partial charge in [0.15, 0.2) is 5.82 Å². The summed E-state index contributed by atoms with van der Waals surface area (Å²) < 4.78 is 18.6. The van der Waals surface area contributed by atoms with Gasteiger partial charge < -0.3 is 9.84 Å². The van der Waals surface area contributed by atoms with E-state index in [9.17, 15) is 4.39 Å². The average Bonchev–Trinajstić information content (AvgIpc) is 2.96. The molecular formula is C16H20FN3O. The lowest BCUT2D eigenvalue weighted by atomic mass is 9.86. The summed E-state index contributed by atoms with van der Waals surface area (Å²) in [6, 6.07) is 7.12. The average molecular weight is 289 g/mol. The van der Waals surface area contributed by atoms with Gasteiger partial charge in [-0.25, -0.2) is 4.39 Å². The van der Waals surface area contributed by atoms with Gasteiger partial charge in [-0.15, -0.1) is 0 Å². The molecule has 1 aliphatic rings. The van der Waals surface area contributed by atoms with Crippen molar-refractivity contribution in [3.05, 3.63) is 47.4 Å². The molecule has 0 unspecified atom stereocenters. The number of nitrogens with one attached hydrogen (secondary N) is 1. The number of nitrogens with zero attached hydrogens (tertiary/aromatic N) is 2. The zero-order valence-electron chi connectivity index (χ0n) is 12.2. The fourth-order valence-corrected chi connectivity index (χ4v) is 2.96. The zero-order chi connectivity index (χ0) is 14.7. The number of halogens is 1. The monoisotopic (exact) mass is 289 g/mol. The summed E-state index contributed by atoms with van der Waals surface area (Å²) in [5.41, 5.74) is 0.862. The van der Waals surface area contributed by atoms with Crippen LogP contribution < -0.4 is 5.32 Å². The SMILES string of the molecule is CNC1CCC(c2nc(Cc3cccc(F)c3)no2)CC1. The molecular weight excluding hydrogens is 269 g/mol. The van der Waals surface area contributed by atoms with Gasteiger partial charge in [0, 0.05) is 18.4 Å². The smallest absolute Gasteiger partial charge is 0.229 e. The largest absolute Gasteiger partial charge is 0.339 e. The molecule has 21 heavy (non-hydrogen) atoms. The summed E-state index contributed by atoms with van der Waals surface area (Å²) in [6.45, 7) is 0. The molecule has 1 aliphatic carbocycles. The van der Waals surface area contributed by atoms with Crippen molar-refractivity contribution in [2.24, 2.45) is 0 Å². The van der Waals surface area contributed by atoms with E-state index in [4.69, 9.17) is 4.52 Å². The van der Waals surface area contributed by atoms with E-state index < -0.39 is 0 Å². The van der Waals surface area contributed by atoms with Gasteiger partial charge in [-0.05, 0) is 50.4 Å².